The highest BCUT2D eigenvalue weighted by atomic mass is 32.1. The van der Waals surface area contributed by atoms with Gasteiger partial charge in [-0.3, -0.25) is 9.78 Å². The molecular formula is C19H26N4OS. The fourth-order valence-electron chi connectivity index (χ4n) is 3.08. The molecule has 2 aromatic heterocycles. The second-order valence-electron chi connectivity index (χ2n) is 6.78. The summed E-state index contributed by atoms with van der Waals surface area (Å²) in [7, 11) is 0. The lowest BCUT2D eigenvalue weighted by Gasteiger charge is -2.30. The minimum atomic E-state index is -0.0237. The van der Waals surface area contributed by atoms with Gasteiger partial charge in [-0.25, -0.2) is 4.98 Å². The third-order valence-electron chi connectivity index (χ3n) is 4.70. The number of thiazole rings is 1. The molecule has 0 aliphatic carbocycles. The molecule has 0 atom stereocenters. The van der Waals surface area contributed by atoms with Crippen LogP contribution >= 0.6 is 11.3 Å². The Morgan fingerprint density at radius 3 is 2.88 bits per heavy atom. The van der Waals surface area contributed by atoms with E-state index in [0.717, 1.165) is 35.3 Å². The highest BCUT2D eigenvalue weighted by molar-refractivity contribution is 7.17. The minimum Gasteiger partial charge on any atom is -0.351 e. The lowest BCUT2D eigenvalue weighted by molar-refractivity contribution is 0.0954. The summed E-state index contributed by atoms with van der Waals surface area (Å²) in [5.74, 6) is 0.836. The molecule has 1 fully saturated rings. The molecule has 1 amide bonds. The lowest BCUT2D eigenvalue weighted by atomic mass is 9.99. The Morgan fingerprint density at radius 2 is 2.16 bits per heavy atom. The molecule has 1 aliphatic heterocycles. The Bertz CT molecular complexity index is 693. The Labute approximate surface area is 153 Å². The number of piperidine rings is 1. The van der Waals surface area contributed by atoms with Crippen molar-refractivity contribution in [2.75, 3.05) is 26.2 Å². The van der Waals surface area contributed by atoms with Crippen LogP contribution in [0.15, 0.2) is 24.4 Å². The van der Waals surface area contributed by atoms with Gasteiger partial charge in [0.1, 0.15) is 9.88 Å². The van der Waals surface area contributed by atoms with Gasteiger partial charge in [-0.1, -0.05) is 13.0 Å². The number of nitrogens with zero attached hydrogens (tertiary/aromatic N) is 3. The van der Waals surface area contributed by atoms with Crippen LogP contribution < -0.4 is 5.32 Å². The van der Waals surface area contributed by atoms with E-state index < -0.39 is 0 Å². The molecule has 3 heterocycles. The number of aryl methyl sites for hydroxylation is 1. The predicted molar refractivity (Wildman–Crippen MR) is 102 cm³/mol. The average Bonchev–Trinajstić information content (AvgIpc) is 3.03. The van der Waals surface area contributed by atoms with Crippen molar-refractivity contribution in [1.82, 2.24) is 20.2 Å². The van der Waals surface area contributed by atoms with Gasteiger partial charge in [0.05, 0.1) is 11.4 Å². The SMILES string of the molecule is Cc1nc(-c2ccccn2)sc1C(=O)NCCCN1CCC(C)CC1. The maximum absolute atomic E-state index is 12.4. The first kappa shape index (κ1) is 18.0. The van der Waals surface area contributed by atoms with Gasteiger partial charge in [-0.15, -0.1) is 11.3 Å². The Morgan fingerprint density at radius 1 is 1.36 bits per heavy atom. The van der Waals surface area contributed by atoms with Crippen molar-refractivity contribution in [2.24, 2.45) is 5.92 Å². The zero-order valence-corrected chi connectivity index (χ0v) is 15.8. The van der Waals surface area contributed by atoms with E-state index in [9.17, 15) is 4.79 Å². The van der Waals surface area contributed by atoms with Crippen molar-refractivity contribution in [3.05, 3.63) is 35.0 Å². The molecule has 0 aromatic carbocycles. The summed E-state index contributed by atoms with van der Waals surface area (Å²) in [4.78, 5) is 24.4. The summed E-state index contributed by atoms with van der Waals surface area (Å²) in [5.41, 5.74) is 1.59. The van der Waals surface area contributed by atoms with Crippen LogP contribution in [0.5, 0.6) is 0 Å². The fraction of sp³-hybridized carbons (Fsp3) is 0.526. The standard InChI is InChI=1S/C19H26N4OS/c1-14-7-12-23(13-8-14)11-5-10-21-18(24)17-15(2)22-19(25-17)16-6-3-4-9-20-16/h3-4,6,9,14H,5,7-8,10-13H2,1-2H3,(H,21,24). The summed E-state index contributed by atoms with van der Waals surface area (Å²) in [5, 5.41) is 3.83. The Balaban J connectivity index is 1.48. The van der Waals surface area contributed by atoms with Gasteiger partial charge in [-0.2, -0.15) is 0 Å². The summed E-state index contributed by atoms with van der Waals surface area (Å²) in [6.07, 6.45) is 5.32. The monoisotopic (exact) mass is 358 g/mol. The number of hydrogen-bond donors (Lipinski definition) is 1. The molecule has 5 nitrogen and oxygen atoms in total. The van der Waals surface area contributed by atoms with Crippen LogP contribution in [-0.2, 0) is 0 Å². The maximum Gasteiger partial charge on any atom is 0.263 e. The van der Waals surface area contributed by atoms with Crippen LogP contribution in [0.3, 0.4) is 0 Å². The molecule has 1 saturated heterocycles. The number of pyridine rings is 1. The van der Waals surface area contributed by atoms with Crippen LogP contribution in [0.1, 0.15) is 41.6 Å². The zero-order valence-electron chi connectivity index (χ0n) is 15.0. The second kappa shape index (κ2) is 8.54. The van der Waals surface area contributed by atoms with Crippen molar-refractivity contribution in [3.8, 4) is 10.7 Å². The maximum atomic E-state index is 12.4. The topological polar surface area (TPSA) is 58.1 Å². The number of likely N-dealkylation sites (tertiary alicyclic amines) is 1. The number of amides is 1. The third kappa shape index (κ3) is 4.86. The summed E-state index contributed by atoms with van der Waals surface area (Å²) in [6, 6.07) is 5.72. The van der Waals surface area contributed by atoms with Gasteiger partial charge >= 0.3 is 0 Å². The lowest BCUT2D eigenvalue weighted by Crippen LogP contribution is -2.35. The Kier molecular flexibility index (Phi) is 6.15. The van der Waals surface area contributed by atoms with Gasteiger partial charge in [-0.05, 0) is 63.9 Å². The van der Waals surface area contributed by atoms with Gasteiger partial charge in [0.15, 0.2) is 0 Å². The molecule has 3 rings (SSSR count). The number of rotatable bonds is 6. The van der Waals surface area contributed by atoms with Crippen molar-refractivity contribution in [1.29, 1.82) is 0 Å². The molecule has 0 bridgehead atoms. The first-order chi connectivity index (χ1) is 12.1. The highest BCUT2D eigenvalue weighted by Gasteiger charge is 2.17. The molecule has 134 valence electrons. The number of carbonyl (C=O) groups is 1. The van der Waals surface area contributed by atoms with Crippen molar-refractivity contribution in [2.45, 2.75) is 33.1 Å². The van der Waals surface area contributed by atoms with E-state index in [1.165, 1.54) is 37.3 Å². The molecule has 6 heteroatoms. The van der Waals surface area contributed by atoms with Gasteiger partial charge < -0.3 is 10.2 Å². The smallest absolute Gasteiger partial charge is 0.263 e. The zero-order chi connectivity index (χ0) is 17.6. The molecule has 1 aliphatic rings. The van der Waals surface area contributed by atoms with Gasteiger partial charge in [0, 0.05) is 12.7 Å². The third-order valence-corrected chi connectivity index (χ3v) is 5.88. The first-order valence-electron chi connectivity index (χ1n) is 9.03. The quantitative estimate of drug-likeness (QED) is 0.805. The largest absolute Gasteiger partial charge is 0.351 e. The van der Waals surface area contributed by atoms with Gasteiger partial charge in [0.25, 0.3) is 5.91 Å². The van der Waals surface area contributed by atoms with Crippen molar-refractivity contribution in [3.63, 3.8) is 0 Å². The molecule has 0 unspecified atom stereocenters. The summed E-state index contributed by atoms with van der Waals surface area (Å²) in [6.45, 7) is 8.36. The number of nitrogens with one attached hydrogen (secondary N) is 1. The molecule has 0 radical (unpaired) electrons. The molecule has 0 saturated carbocycles. The van der Waals surface area contributed by atoms with Crippen LogP contribution in [0, 0.1) is 12.8 Å². The second-order valence-corrected chi connectivity index (χ2v) is 7.78. The van der Waals surface area contributed by atoms with E-state index in [2.05, 4.69) is 27.1 Å². The van der Waals surface area contributed by atoms with E-state index >= 15 is 0 Å². The van der Waals surface area contributed by atoms with E-state index in [4.69, 9.17) is 0 Å². The van der Waals surface area contributed by atoms with Crippen molar-refractivity contribution < 1.29 is 4.79 Å². The van der Waals surface area contributed by atoms with Crippen LogP contribution in [0.25, 0.3) is 10.7 Å². The highest BCUT2D eigenvalue weighted by Crippen LogP contribution is 2.26. The molecule has 25 heavy (non-hydrogen) atoms. The Hall–Kier alpha value is -1.79. The first-order valence-corrected chi connectivity index (χ1v) is 9.84. The van der Waals surface area contributed by atoms with Crippen LogP contribution in [-0.4, -0.2) is 47.0 Å². The number of aromatic nitrogens is 2. The van der Waals surface area contributed by atoms with Crippen molar-refractivity contribution >= 4 is 17.2 Å². The number of hydrogen-bond acceptors (Lipinski definition) is 5. The molecular weight excluding hydrogens is 332 g/mol. The summed E-state index contributed by atoms with van der Waals surface area (Å²) < 4.78 is 0. The van der Waals surface area contributed by atoms with E-state index in [-0.39, 0.29) is 5.91 Å². The molecule has 1 N–H and O–H groups in total. The molecule has 0 spiro atoms. The average molecular weight is 359 g/mol. The van der Waals surface area contributed by atoms with Crippen LogP contribution in [0.2, 0.25) is 0 Å². The normalized spacial score (nSPS) is 16.1. The van der Waals surface area contributed by atoms with E-state index in [1.54, 1.807) is 6.20 Å². The van der Waals surface area contributed by atoms with E-state index in [1.807, 2.05) is 25.1 Å². The van der Waals surface area contributed by atoms with Gasteiger partial charge in [0.2, 0.25) is 0 Å². The number of carbonyl (C=O) groups excluding carboxylic acids is 1. The minimum absolute atomic E-state index is 0.0237. The van der Waals surface area contributed by atoms with E-state index in [0.29, 0.717) is 11.4 Å². The van der Waals surface area contributed by atoms with Crippen LogP contribution in [0.4, 0.5) is 0 Å². The fourth-order valence-corrected chi connectivity index (χ4v) is 4.04. The summed E-state index contributed by atoms with van der Waals surface area (Å²) >= 11 is 1.41. The predicted octanol–water partition coefficient (Wildman–Crippen LogP) is 3.37. The molecule has 2 aromatic rings.